The Balaban J connectivity index is 2.10. The lowest BCUT2D eigenvalue weighted by Gasteiger charge is -2.24. The molecule has 0 aliphatic carbocycles. The zero-order chi connectivity index (χ0) is 11.1. The Morgan fingerprint density at radius 2 is 2.40 bits per heavy atom. The Labute approximate surface area is 92.7 Å². The van der Waals surface area contributed by atoms with Gasteiger partial charge in [-0.25, -0.2) is 0 Å². The third kappa shape index (κ3) is 4.93. The van der Waals surface area contributed by atoms with E-state index in [2.05, 4.69) is 11.9 Å². The van der Waals surface area contributed by atoms with E-state index >= 15 is 0 Å². The average molecular weight is 216 g/mol. The van der Waals surface area contributed by atoms with Crippen LogP contribution in [-0.2, 0) is 9.47 Å². The lowest BCUT2D eigenvalue weighted by atomic mass is 10.00. The highest BCUT2D eigenvalue weighted by atomic mass is 16.5. The number of nitrogens with two attached hydrogens (primary N) is 1. The predicted molar refractivity (Wildman–Crippen MR) is 60.9 cm³/mol. The summed E-state index contributed by atoms with van der Waals surface area (Å²) in [5, 5.41) is 0. The van der Waals surface area contributed by atoms with E-state index in [0.717, 1.165) is 45.9 Å². The van der Waals surface area contributed by atoms with Crippen molar-refractivity contribution in [3.63, 3.8) is 0 Å². The van der Waals surface area contributed by atoms with Crippen LogP contribution in [0.3, 0.4) is 0 Å². The normalized spacial score (nSPS) is 23.6. The van der Waals surface area contributed by atoms with Crippen LogP contribution in [0.5, 0.6) is 0 Å². The van der Waals surface area contributed by atoms with E-state index in [4.69, 9.17) is 15.2 Å². The smallest absolute Gasteiger partial charge is 0.0593 e. The van der Waals surface area contributed by atoms with Crippen molar-refractivity contribution in [2.24, 2.45) is 11.7 Å². The molecule has 0 aromatic carbocycles. The lowest BCUT2D eigenvalue weighted by molar-refractivity contribution is 0.116. The van der Waals surface area contributed by atoms with Crippen molar-refractivity contribution in [2.45, 2.75) is 19.4 Å². The Hall–Kier alpha value is -0.160. The van der Waals surface area contributed by atoms with Gasteiger partial charge in [0.15, 0.2) is 0 Å². The van der Waals surface area contributed by atoms with Gasteiger partial charge < -0.3 is 20.1 Å². The van der Waals surface area contributed by atoms with Gasteiger partial charge in [0.1, 0.15) is 0 Å². The molecule has 4 heteroatoms. The van der Waals surface area contributed by atoms with E-state index < -0.39 is 0 Å². The second-order valence-electron chi connectivity index (χ2n) is 4.25. The second kappa shape index (κ2) is 7.17. The molecule has 1 fully saturated rings. The van der Waals surface area contributed by atoms with Gasteiger partial charge in [-0.1, -0.05) is 0 Å². The predicted octanol–water partition coefficient (Wildman–Crippen LogP) is 0.319. The molecule has 2 unspecified atom stereocenters. The first-order chi connectivity index (χ1) is 7.24. The van der Waals surface area contributed by atoms with E-state index in [1.54, 1.807) is 0 Å². The van der Waals surface area contributed by atoms with Crippen molar-refractivity contribution in [2.75, 3.05) is 46.6 Å². The van der Waals surface area contributed by atoms with Crippen molar-refractivity contribution < 1.29 is 9.47 Å². The molecule has 90 valence electrons. The van der Waals surface area contributed by atoms with Gasteiger partial charge in [0.2, 0.25) is 0 Å². The number of rotatable bonds is 7. The van der Waals surface area contributed by atoms with Crippen molar-refractivity contribution in [1.82, 2.24) is 4.90 Å². The third-order valence-corrected chi connectivity index (χ3v) is 2.91. The molecule has 0 spiro atoms. The fraction of sp³-hybridized carbons (Fsp3) is 1.00. The van der Waals surface area contributed by atoms with Gasteiger partial charge in [0.25, 0.3) is 0 Å². The summed E-state index contributed by atoms with van der Waals surface area (Å²) in [5.41, 5.74) is 6.12. The molecule has 0 saturated carbocycles. The summed E-state index contributed by atoms with van der Waals surface area (Å²) >= 11 is 0. The first-order valence-corrected chi connectivity index (χ1v) is 5.83. The summed E-state index contributed by atoms with van der Waals surface area (Å²) in [6, 6.07) is 0.235. The summed E-state index contributed by atoms with van der Waals surface area (Å²) < 4.78 is 10.6. The molecular weight excluding hydrogens is 192 g/mol. The minimum absolute atomic E-state index is 0.235. The van der Waals surface area contributed by atoms with E-state index in [-0.39, 0.29) is 6.04 Å². The summed E-state index contributed by atoms with van der Waals surface area (Å²) in [4.78, 5) is 2.23. The van der Waals surface area contributed by atoms with Crippen LogP contribution in [0.1, 0.15) is 13.3 Å². The van der Waals surface area contributed by atoms with E-state index in [9.17, 15) is 0 Å². The molecule has 0 aromatic heterocycles. The monoisotopic (exact) mass is 216 g/mol. The summed E-state index contributed by atoms with van der Waals surface area (Å²) in [7, 11) is 2.09. The summed E-state index contributed by atoms with van der Waals surface area (Å²) in [6.07, 6.45) is 1.11. The zero-order valence-electron chi connectivity index (χ0n) is 9.95. The number of hydrogen-bond acceptors (Lipinski definition) is 4. The molecular formula is C11H24N2O2. The molecule has 2 N–H and O–H groups in total. The van der Waals surface area contributed by atoms with Gasteiger partial charge >= 0.3 is 0 Å². The molecule has 0 aromatic rings. The molecule has 1 heterocycles. The third-order valence-electron chi connectivity index (χ3n) is 2.91. The van der Waals surface area contributed by atoms with E-state index in [1.165, 1.54) is 0 Å². The molecule has 1 aliphatic heterocycles. The van der Waals surface area contributed by atoms with Gasteiger partial charge in [-0.3, -0.25) is 0 Å². The van der Waals surface area contributed by atoms with Crippen LogP contribution in [0.2, 0.25) is 0 Å². The first kappa shape index (κ1) is 12.9. The highest BCUT2D eigenvalue weighted by molar-refractivity contribution is 4.78. The molecule has 4 nitrogen and oxygen atoms in total. The van der Waals surface area contributed by atoms with Crippen LogP contribution in [0.4, 0.5) is 0 Å². The quantitative estimate of drug-likeness (QED) is 0.623. The molecule has 1 rings (SSSR count). The van der Waals surface area contributed by atoms with Crippen LogP contribution in [-0.4, -0.2) is 57.5 Å². The molecule has 0 amide bonds. The maximum Gasteiger partial charge on any atom is 0.0593 e. The Morgan fingerprint density at radius 3 is 3.00 bits per heavy atom. The maximum atomic E-state index is 6.12. The largest absolute Gasteiger partial charge is 0.381 e. The maximum absolute atomic E-state index is 6.12. The number of nitrogens with zero attached hydrogens (tertiary/aromatic N) is 1. The number of hydrogen-bond donors (Lipinski definition) is 1. The fourth-order valence-electron chi connectivity index (χ4n) is 1.86. The van der Waals surface area contributed by atoms with Crippen LogP contribution in [0.15, 0.2) is 0 Å². The topological polar surface area (TPSA) is 47.7 Å². The Kier molecular flexibility index (Phi) is 6.17. The minimum Gasteiger partial charge on any atom is -0.381 e. The van der Waals surface area contributed by atoms with Crippen LogP contribution in [0, 0.1) is 5.92 Å². The first-order valence-electron chi connectivity index (χ1n) is 5.83. The summed E-state index contributed by atoms with van der Waals surface area (Å²) in [5.74, 6) is 0.541. The van der Waals surface area contributed by atoms with E-state index in [1.807, 2.05) is 6.92 Å². The molecule has 15 heavy (non-hydrogen) atoms. The molecule has 2 atom stereocenters. The van der Waals surface area contributed by atoms with Crippen LogP contribution in [0.25, 0.3) is 0 Å². The minimum atomic E-state index is 0.235. The Morgan fingerprint density at radius 1 is 1.60 bits per heavy atom. The highest BCUT2D eigenvalue weighted by Crippen LogP contribution is 2.15. The van der Waals surface area contributed by atoms with Crippen molar-refractivity contribution in [3.05, 3.63) is 0 Å². The van der Waals surface area contributed by atoms with Crippen LogP contribution < -0.4 is 5.73 Å². The van der Waals surface area contributed by atoms with Gasteiger partial charge in [-0.15, -0.1) is 0 Å². The average Bonchev–Trinajstić information content (AvgIpc) is 2.70. The number of ether oxygens (including phenoxy) is 2. The van der Waals surface area contributed by atoms with Gasteiger partial charge in [-0.05, 0) is 20.4 Å². The number of likely N-dealkylation sites (N-methyl/N-ethyl adjacent to an activating group) is 1. The molecule has 0 radical (unpaired) electrons. The Bertz CT molecular complexity index is 161. The molecule has 0 bridgehead atoms. The molecule has 1 saturated heterocycles. The fourth-order valence-corrected chi connectivity index (χ4v) is 1.86. The molecule has 1 aliphatic rings. The van der Waals surface area contributed by atoms with Crippen LogP contribution >= 0.6 is 0 Å². The zero-order valence-corrected chi connectivity index (χ0v) is 9.95. The summed E-state index contributed by atoms with van der Waals surface area (Å²) in [6.45, 7) is 7.19. The van der Waals surface area contributed by atoms with Gasteiger partial charge in [-0.2, -0.15) is 0 Å². The standard InChI is InChI=1S/C11H24N2O2/c1-3-14-7-5-13(2)8-11(12)10-4-6-15-9-10/h10-11H,3-9,12H2,1-2H3. The van der Waals surface area contributed by atoms with Gasteiger partial charge in [0, 0.05) is 38.3 Å². The van der Waals surface area contributed by atoms with Crippen molar-refractivity contribution >= 4 is 0 Å². The second-order valence-corrected chi connectivity index (χ2v) is 4.25. The van der Waals surface area contributed by atoms with Gasteiger partial charge in [0.05, 0.1) is 13.2 Å². The van der Waals surface area contributed by atoms with E-state index in [0.29, 0.717) is 5.92 Å². The lowest BCUT2D eigenvalue weighted by Crippen LogP contribution is -2.42. The van der Waals surface area contributed by atoms with Crippen molar-refractivity contribution in [3.8, 4) is 0 Å². The highest BCUT2D eigenvalue weighted by Gasteiger charge is 2.23. The SMILES string of the molecule is CCOCCN(C)CC(N)C1CCOC1. The van der Waals surface area contributed by atoms with Crippen molar-refractivity contribution in [1.29, 1.82) is 0 Å².